The van der Waals surface area contributed by atoms with Gasteiger partial charge in [-0.2, -0.15) is 0 Å². The summed E-state index contributed by atoms with van der Waals surface area (Å²) >= 11 is 6.25. The Labute approximate surface area is 185 Å². The summed E-state index contributed by atoms with van der Waals surface area (Å²) in [7, 11) is 0. The van der Waals surface area contributed by atoms with Crippen molar-refractivity contribution in [2.45, 2.75) is 26.1 Å². The number of carboxylic acid groups (broad SMARTS) is 2. The maximum Gasteiger partial charge on any atom is 0.336 e. The summed E-state index contributed by atoms with van der Waals surface area (Å²) in [6.07, 6.45) is 2.56. The van der Waals surface area contributed by atoms with Crippen LogP contribution in [0.2, 0.25) is 0 Å². The number of rotatable bonds is 4. The number of ether oxygens (including phenoxy) is 1. The molecule has 1 saturated heterocycles. The van der Waals surface area contributed by atoms with Gasteiger partial charge in [0.1, 0.15) is 0 Å². The maximum atomic E-state index is 10.5. The second kappa shape index (κ2) is 13.4. The topological polar surface area (TPSA) is 124 Å². The molecule has 1 aliphatic heterocycles. The second-order valence-corrected chi connectivity index (χ2v) is 7.58. The fourth-order valence-corrected chi connectivity index (χ4v) is 3.25. The molecule has 0 unspecified atom stereocenters. The molecule has 0 aliphatic carbocycles. The van der Waals surface area contributed by atoms with Crippen LogP contribution < -0.4 is 0 Å². The number of benzene rings is 2. The van der Waals surface area contributed by atoms with Gasteiger partial charge in [0, 0.05) is 22.2 Å². The van der Waals surface area contributed by atoms with Crippen LogP contribution in [0.5, 0.6) is 0 Å². The van der Waals surface area contributed by atoms with Crippen molar-refractivity contribution in [1.82, 2.24) is 0 Å². The lowest BCUT2D eigenvalue weighted by molar-refractivity contribution is 0.0680. The molecule has 1 fully saturated rings. The molecule has 2 aromatic carbocycles. The van der Waals surface area contributed by atoms with Crippen LogP contribution >= 0.6 is 31.9 Å². The Bertz CT molecular complexity index is 813. The SMILES string of the molecule is C1CCOC1.O=C(O)c1ccc(C(=O)O)c(Br)c1.OCc1ccc(CO)c(Br)c1. The number of aromatic carboxylic acids is 2. The van der Waals surface area contributed by atoms with Gasteiger partial charge in [-0.25, -0.2) is 9.59 Å². The molecule has 0 bridgehead atoms. The number of aliphatic hydroxyl groups is 2. The van der Waals surface area contributed by atoms with Gasteiger partial charge in [-0.3, -0.25) is 0 Å². The number of carbonyl (C=O) groups is 2. The van der Waals surface area contributed by atoms with E-state index in [1.807, 2.05) is 0 Å². The summed E-state index contributed by atoms with van der Waals surface area (Å²) in [5, 5.41) is 34.7. The van der Waals surface area contributed by atoms with Crippen molar-refractivity contribution in [3.05, 3.63) is 67.6 Å². The molecule has 29 heavy (non-hydrogen) atoms. The summed E-state index contributed by atoms with van der Waals surface area (Å²) in [4.78, 5) is 21.0. The van der Waals surface area contributed by atoms with E-state index in [1.165, 1.54) is 31.0 Å². The first-order chi connectivity index (χ1) is 13.8. The fourth-order valence-electron chi connectivity index (χ4n) is 2.15. The van der Waals surface area contributed by atoms with E-state index < -0.39 is 11.9 Å². The Hall–Kier alpha value is -1.78. The molecule has 7 nitrogen and oxygen atoms in total. The molecule has 0 amide bonds. The molecule has 9 heteroatoms. The zero-order chi connectivity index (χ0) is 21.8. The number of carboxylic acids is 2. The van der Waals surface area contributed by atoms with Crippen molar-refractivity contribution >= 4 is 43.8 Å². The number of hydrogen-bond donors (Lipinski definition) is 4. The molecule has 2 aromatic rings. The molecular formula is C20H22Br2O7. The molecule has 0 atom stereocenters. The van der Waals surface area contributed by atoms with Gasteiger partial charge in [0.25, 0.3) is 0 Å². The van der Waals surface area contributed by atoms with Crippen LogP contribution in [0.3, 0.4) is 0 Å². The number of halogens is 2. The van der Waals surface area contributed by atoms with E-state index >= 15 is 0 Å². The minimum absolute atomic E-state index is 0.0201. The largest absolute Gasteiger partial charge is 0.478 e. The minimum Gasteiger partial charge on any atom is -0.478 e. The van der Waals surface area contributed by atoms with Crippen molar-refractivity contribution < 1.29 is 34.8 Å². The van der Waals surface area contributed by atoms with Crippen molar-refractivity contribution in [3.63, 3.8) is 0 Å². The predicted molar refractivity (Wildman–Crippen MR) is 114 cm³/mol. The van der Waals surface area contributed by atoms with E-state index in [4.69, 9.17) is 25.2 Å². The Morgan fingerprint density at radius 3 is 1.90 bits per heavy atom. The second-order valence-electron chi connectivity index (χ2n) is 5.87. The highest BCUT2D eigenvalue weighted by Gasteiger charge is 2.10. The maximum absolute atomic E-state index is 10.5. The molecule has 158 valence electrons. The van der Waals surface area contributed by atoms with E-state index in [1.54, 1.807) is 18.2 Å². The minimum atomic E-state index is -1.09. The predicted octanol–water partition coefficient (Wildman–Crippen LogP) is 4.08. The number of hydrogen-bond acceptors (Lipinski definition) is 5. The third-order valence-corrected chi connectivity index (χ3v) is 5.14. The van der Waals surface area contributed by atoms with Gasteiger partial charge in [-0.05, 0) is 64.2 Å². The Kier molecular flexibility index (Phi) is 11.7. The van der Waals surface area contributed by atoms with Gasteiger partial charge in [0.2, 0.25) is 0 Å². The molecular weight excluding hydrogens is 512 g/mol. The third-order valence-electron chi connectivity index (χ3n) is 3.74. The molecule has 3 rings (SSSR count). The molecule has 0 spiro atoms. The lowest BCUT2D eigenvalue weighted by Crippen LogP contribution is -2.01. The van der Waals surface area contributed by atoms with E-state index in [9.17, 15) is 9.59 Å². The molecule has 1 heterocycles. The fraction of sp³-hybridized carbons (Fsp3) is 0.300. The van der Waals surface area contributed by atoms with E-state index in [0.717, 1.165) is 28.8 Å². The van der Waals surface area contributed by atoms with Gasteiger partial charge >= 0.3 is 11.9 Å². The average molecular weight is 534 g/mol. The van der Waals surface area contributed by atoms with Gasteiger partial charge < -0.3 is 25.2 Å². The lowest BCUT2D eigenvalue weighted by atomic mass is 10.1. The van der Waals surface area contributed by atoms with E-state index in [0.29, 0.717) is 0 Å². The summed E-state index contributed by atoms with van der Waals surface area (Å²) in [5.74, 6) is -2.18. The molecule has 0 radical (unpaired) electrons. The zero-order valence-electron chi connectivity index (χ0n) is 15.5. The Balaban J connectivity index is 0.000000237. The summed E-state index contributed by atoms with van der Waals surface area (Å²) in [6.45, 7) is 2.05. The Morgan fingerprint density at radius 2 is 1.52 bits per heavy atom. The van der Waals surface area contributed by atoms with Crippen molar-refractivity contribution in [3.8, 4) is 0 Å². The molecule has 0 saturated carbocycles. The normalized spacial score (nSPS) is 12.3. The molecule has 4 N–H and O–H groups in total. The van der Waals surface area contributed by atoms with Crippen molar-refractivity contribution in [2.75, 3.05) is 13.2 Å². The zero-order valence-corrected chi connectivity index (χ0v) is 18.6. The first-order valence-electron chi connectivity index (χ1n) is 8.63. The number of aliphatic hydroxyl groups excluding tert-OH is 2. The van der Waals surface area contributed by atoms with Gasteiger partial charge in [-0.1, -0.05) is 28.1 Å². The van der Waals surface area contributed by atoms with Gasteiger partial charge in [0.15, 0.2) is 0 Å². The highest BCUT2D eigenvalue weighted by Crippen LogP contribution is 2.19. The monoisotopic (exact) mass is 532 g/mol. The standard InChI is InChI=1S/C8H5BrO4.C8H9BrO2.C4H8O/c9-6-3-4(7(10)11)1-2-5(6)8(12)13;9-8-3-6(4-10)1-2-7(8)5-11;1-2-4-5-3-1/h1-3H,(H,10,11)(H,12,13);1-3,10-11H,4-5H2;1-4H2. The van der Waals surface area contributed by atoms with Gasteiger partial charge in [-0.15, -0.1) is 0 Å². The van der Waals surface area contributed by atoms with E-state index in [2.05, 4.69) is 31.9 Å². The molecule has 1 aliphatic rings. The lowest BCUT2D eigenvalue weighted by Gasteiger charge is -2.01. The van der Waals surface area contributed by atoms with Crippen molar-refractivity contribution in [1.29, 1.82) is 0 Å². The van der Waals surface area contributed by atoms with Crippen LogP contribution in [0.1, 0.15) is 44.7 Å². The first-order valence-corrected chi connectivity index (χ1v) is 10.2. The van der Waals surface area contributed by atoms with Crippen LogP contribution in [-0.4, -0.2) is 45.6 Å². The van der Waals surface area contributed by atoms with Crippen LogP contribution in [0, 0.1) is 0 Å². The van der Waals surface area contributed by atoms with E-state index in [-0.39, 0.29) is 28.8 Å². The smallest absolute Gasteiger partial charge is 0.336 e. The summed E-state index contributed by atoms with van der Waals surface area (Å²) in [6, 6.07) is 9.12. The third kappa shape index (κ3) is 9.05. The summed E-state index contributed by atoms with van der Waals surface area (Å²) in [5.41, 5.74) is 1.78. The van der Waals surface area contributed by atoms with Crippen LogP contribution in [0.4, 0.5) is 0 Å². The quantitative estimate of drug-likeness (QED) is 0.466. The first kappa shape index (κ1) is 25.3. The van der Waals surface area contributed by atoms with Crippen LogP contribution in [0.15, 0.2) is 45.3 Å². The van der Waals surface area contributed by atoms with Crippen LogP contribution in [0.25, 0.3) is 0 Å². The summed E-state index contributed by atoms with van der Waals surface area (Å²) < 4.78 is 6.05. The Morgan fingerprint density at radius 1 is 0.862 bits per heavy atom. The van der Waals surface area contributed by atoms with Crippen LogP contribution in [-0.2, 0) is 18.0 Å². The highest BCUT2D eigenvalue weighted by atomic mass is 79.9. The van der Waals surface area contributed by atoms with Crippen molar-refractivity contribution in [2.24, 2.45) is 0 Å². The van der Waals surface area contributed by atoms with Gasteiger partial charge in [0.05, 0.1) is 24.3 Å². The molecule has 0 aromatic heterocycles. The highest BCUT2D eigenvalue weighted by molar-refractivity contribution is 9.10. The average Bonchev–Trinajstić information content (AvgIpc) is 3.28.